The van der Waals surface area contributed by atoms with Crippen molar-refractivity contribution in [2.75, 3.05) is 49.2 Å². The molecular weight excluding hydrogens is 352 g/mol. The molecule has 1 aromatic carbocycles. The maximum absolute atomic E-state index is 9.88. The van der Waals surface area contributed by atoms with Crippen molar-refractivity contribution in [1.82, 2.24) is 9.97 Å². The van der Waals surface area contributed by atoms with Crippen molar-refractivity contribution < 1.29 is 10.2 Å². The van der Waals surface area contributed by atoms with Gasteiger partial charge in [-0.15, -0.1) is 0 Å². The summed E-state index contributed by atoms with van der Waals surface area (Å²) in [7, 11) is 0. The summed E-state index contributed by atoms with van der Waals surface area (Å²) in [6.07, 6.45) is 4.16. The van der Waals surface area contributed by atoms with Gasteiger partial charge in [0.2, 0.25) is 5.95 Å². The van der Waals surface area contributed by atoms with Gasteiger partial charge in [-0.05, 0) is 37.8 Å². The van der Waals surface area contributed by atoms with Crippen LogP contribution in [0.5, 0.6) is 0 Å². The molecule has 2 N–H and O–H groups in total. The summed E-state index contributed by atoms with van der Waals surface area (Å²) in [5, 5.41) is 20.8. The van der Waals surface area contributed by atoms with E-state index >= 15 is 0 Å². The molecule has 2 fully saturated rings. The van der Waals surface area contributed by atoms with Gasteiger partial charge in [-0.3, -0.25) is 0 Å². The quantitative estimate of drug-likeness (QED) is 0.845. The predicted octanol–water partition coefficient (Wildman–Crippen LogP) is 2.83. The molecule has 0 unspecified atom stereocenters. The van der Waals surface area contributed by atoms with Crippen LogP contribution in [0.25, 0.3) is 10.9 Å². The van der Waals surface area contributed by atoms with Gasteiger partial charge in [0, 0.05) is 42.4 Å². The third-order valence-electron chi connectivity index (χ3n) is 6.48. The van der Waals surface area contributed by atoms with Gasteiger partial charge in [0.05, 0.1) is 18.7 Å². The van der Waals surface area contributed by atoms with Crippen molar-refractivity contribution in [3.63, 3.8) is 0 Å². The number of fused-ring (bicyclic) bond motifs is 1. The fraction of sp³-hybridized carbons (Fsp3) is 0.636. The van der Waals surface area contributed by atoms with Gasteiger partial charge in [0.15, 0.2) is 0 Å². The van der Waals surface area contributed by atoms with Gasteiger partial charge >= 0.3 is 0 Å². The molecule has 0 amide bonds. The molecule has 6 heteroatoms. The normalized spacial score (nSPS) is 28.7. The minimum atomic E-state index is -0.103. The highest BCUT2D eigenvalue weighted by Crippen LogP contribution is 2.36. The number of aliphatic hydroxyl groups excluding tert-OH is 2. The number of nitrogens with zero attached hydrogens (tertiary/aromatic N) is 4. The Morgan fingerprint density at radius 1 is 0.893 bits per heavy atom. The molecule has 2 atom stereocenters. The first-order valence-electron chi connectivity index (χ1n) is 10.4. The standard InChI is InChI=1S/C22H32N4O2/c1-21(15-27)9-5-11-25(13-21)19-17-7-3-4-8-18(17)23-20(24-19)26-12-6-10-22(2,14-26)16-28/h3-4,7-8,27-28H,5-6,9-16H2,1-2H3/t21-,22-/m0/s1. The molecule has 0 radical (unpaired) electrons. The number of aromatic nitrogens is 2. The summed E-state index contributed by atoms with van der Waals surface area (Å²) in [5.41, 5.74) is 0.758. The van der Waals surface area contributed by atoms with Gasteiger partial charge in [-0.25, -0.2) is 4.98 Å². The van der Waals surface area contributed by atoms with Crippen LogP contribution in [0, 0.1) is 10.8 Å². The predicted molar refractivity (Wildman–Crippen MR) is 113 cm³/mol. The number of anilines is 2. The monoisotopic (exact) mass is 384 g/mol. The molecule has 0 saturated carbocycles. The molecule has 0 bridgehead atoms. The first kappa shape index (κ1) is 19.4. The highest BCUT2D eigenvalue weighted by Gasteiger charge is 2.34. The summed E-state index contributed by atoms with van der Waals surface area (Å²) in [4.78, 5) is 14.4. The Bertz CT molecular complexity index is 844. The lowest BCUT2D eigenvalue weighted by atomic mass is 9.82. The van der Waals surface area contributed by atoms with E-state index in [1.54, 1.807) is 0 Å². The number of hydrogen-bond donors (Lipinski definition) is 2. The fourth-order valence-electron chi connectivity index (χ4n) is 4.67. The van der Waals surface area contributed by atoms with Crippen LogP contribution in [-0.4, -0.2) is 59.6 Å². The van der Waals surface area contributed by atoms with Crippen LogP contribution >= 0.6 is 0 Å². The zero-order chi connectivity index (χ0) is 19.8. The van der Waals surface area contributed by atoms with Crippen LogP contribution in [-0.2, 0) is 0 Å². The van der Waals surface area contributed by atoms with Crippen molar-refractivity contribution in [1.29, 1.82) is 0 Å². The lowest BCUT2D eigenvalue weighted by Gasteiger charge is -2.41. The summed E-state index contributed by atoms with van der Waals surface area (Å²) in [5.74, 6) is 1.72. The Morgan fingerprint density at radius 3 is 2.18 bits per heavy atom. The molecule has 2 aromatic rings. The highest BCUT2D eigenvalue weighted by atomic mass is 16.3. The van der Waals surface area contributed by atoms with Crippen molar-refractivity contribution in [2.45, 2.75) is 39.5 Å². The summed E-state index contributed by atoms with van der Waals surface area (Å²) in [6.45, 7) is 8.12. The van der Waals surface area contributed by atoms with Crippen LogP contribution < -0.4 is 9.80 Å². The van der Waals surface area contributed by atoms with E-state index in [-0.39, 0.29) is 24.0 Å². The topological polar surface area (TPSA) is 72.7 Å². The largest absolute Gasteiger partial charge is 0.396 e. The van der Waals surface area contributed by atoms with Crippen molar-refractivity contribution in [3.8, 4) is 0 Å². The van der Waals surface area contributed by atoms with Crippen LogP contribution in [0.2, 0.25) is 0 Å². The number of para-hydroxylation sites is 1. The molecule has 28 heavy (non-hydrogen) atoms. The van der Waals surface area contributed by atoms with Crippen LogP contribution in [0.15, 0.2) is 24.3 Å². The minimum Gasteiger partial charge on any atom is -0.396 e. The number of hydrogen-bond acceptors (Lipinski definition) is 6. The lowest BCUT2D eigenvalue weighted by molar-refractivity contribution is 0.122. The molecule has 2 saturated heterocycles. The molecule has 6 nitrogen and oxygen atoms in total. The molecule has 4 rings (SSSR count). The number of rotatable bonds is 4. The van der Waals surface area contributed by atoms with Crippen LogP contribution in [0.1, 0.15) is 39.5 Å². The van der Waals surface area contributed by atoms with E-state index < -0.39 is 0 Å². The van der Waals surface area contributed by atoms with Crippen molar-refractivity contribution in [3.05, 3.63) is 24.3 Å². The molecular formula is C22H32N4O2. The average molecular weight is 385 g/mol. The van der Waals surface area contributed by atoms with E-state index in [9.17, 15) is 10.2 Å². The molecule has 0 spiro atoms. The van der Waals surface area contributed by atoms with E-state index in [2.05, 4.69) is 29.7 Å². The van der Waals surface area contributed by atoms with Gasteiger partial charge in [0.25, 0.3) is 0 Å². The minimum absolute atomic E-state index is 0.0922. The zero-order valence-electron chi connectivity index (χ0n) is 17.1. The highest BCUT2D eigenvalue weighted by molar-refractivity contribution is 5.90. The first-order valence-corrected chi connectivity index (χ1v) is 10.4. The third kappa shape index (κ3) is 3.67. The second-order valence-electron chi connectivity index (χ2n) is 9.35. The Labute approximate surface area is 167 Å². The lowest BCUT2D eigenvalue weighted by Crippen LogP contribution is -2.45. The van der Waals surface area contributed by atoms with Gasteiger partial charge in [-0.1, -0.05) is 26.0 Å². The summed E-state index contributed by atoms with van der Waals surface area (Å²) >= 11 is 0. The van der Waals surface area contributed by atoms with E-state index in [1.165, 1.54) is 0 Å². The van der Waals surface area contributed by atoms with E-state index in [1.807, 2.05) is 18.2 Å². The van der Waals surface area contributed by atoms with Gasteiger partial charge < -0.3 is 20.0 Å². The first-order chi connectivity index (χ1) is 13.5. The van der Waals surface area contributed by atoms with Gasteiger partial charge in [-0.2, -0.15) is 4.98 Å². The number of piperidine rings is 2. The number of aliphatic hydroxyl groups is 2. The van der Waals surface area contributed by atoms with E-state index in [0.717, 1.165) is 74.5 Å². The molecule has 2 aliphatic heterocycles. The number of benzene rings is 1. The second kappa shape index (κ2) is 7.48. The van der Waals surface area contributed by atoms with Gasteiger partial charge in [0.1, 0.15) is 5.82 Å². The molecule has 0 aliphatic carbocycles. The fourth-order valence-corrected chi connectivity index (χ4v) is 4.67. The van der Waals surface area contributed by atoms with E-state index in [0.29, 0.717) is 0 Å². The Balaban J connectivity index is 1.74. The van der Waals surface area contributed by atoms with Crippen molar-refractivity contribution >= 4 is 22.7 Å². The van der Waals surface area contributed by atoms with Crippen LogP contribution in [0.4, 0.5) is 11.8 Å². The molecule has 1 aromatic heterocycles. The van der Waals surface area contributed by atoms with Crippen LogP contribution in [0.3, 0.4) is 0 Å². The molecule has 3 heterocycles. The molecule has 152 valence electrons. The Kier molecular flexibility index (Phi) is 5.19. The summed E-state index contributed by atoms with van der Waals surface area (Å²) < 4.78 is 0. The Morgan fingerprint density at radius 2 is 1.50 bits per heavy atom. The van der Waals surface area contributed by atoms with E-state index in [4.69, 9.17) is 9.97 Å². The smallest absolute Gasteiger partial charge is 0.227 e. The molecule has 2 aliphatic rings. The third-order valence-corrected chi connectivity index (χ3v) is 6.48. The second-order valence-corrected chi connectivity index (χ2v) is 9.35. The average Bonchev–Trinajstić information content (AvgIpc) is 2.73. The summed E-state index contributed by atoms with van der Waals surface area (Å²) in [6, 6.07) is 8.19. The maximum Gasteiger partial charge on any atom is 0.227 e. The zero-order valence-corrected chi connectivity index (χ0v) is 17.1. The SMILES string of the molecule is C[C@]1(CO)CCCN(c2nc(N3CCC[C@](C)(CO)C3)c3ccccc3n2)C1. The maximum atomic E-state index is 9.88. The Hall–Kier alpha value is -1.92. The van der Waals surface area contributed by atoms with Crippen molar-refractivity contribution in [2.24, 2.45) is 10.8 Å².